The molecule has 0 radical (unpaired) electrons. The smallest absolute Gasteiger partial charge is 0.422 e. The third kappa shape index (κ3) is 7.92. The first kappa shape index (κ1) is 16.1. The van der Waals surface area contributed by atoms with Crippen LogP contribution in [0.15, 0.2) is 0 Å². The average Bonchev–Trinajstić information content (AvgIpc) is 2.34. The van der Waals surface area contributed by atoms with E-state index in [4.69, 9.17) is 0 Å². The molecule has 0 aliphatic carbocycles. The molecule has 0 aromatic carbocycles. The third-order valence-electron chi connectivity index (χ3n) is 2.98. The first-order valence-electron chi connectivity index (χ1n) is 6.56. The molecule has 1 amide bonds. The van der Waals surface area contributed by atoms with E-state index in [1.807, 2.05) is 6.92 Å². The van der Waals surface area contributed by atoms with Crippen LogP contribution < -0.4 is 5.32 Å². The minimum absolute atomic E-state index is 0.191. The summed E-state index contributed by atoms with van der Waals surface area (Å²) in [4.78, 5) is 13.4. The number of hydrogen-bond acceptors (Lipinski definition) is 3. The van der Waals surface area contributed by atoms with E-state index in [-0.39, 0.29) is 5.92 Å². The maximum atomic E-state index is 11.8. The monoisotopic (exact) mass is 282 g/mol. The number of amides is 1. The van der Waals surface area contributed by atoms with Crippen LogP contribution in [-0.2, 0) is 4.74 Å². The second-order valence-electron chi connectivity index (χ2n) is 5.04. The molecule has 4 nitrogen and oxygen atoms in total. The van der Waals surface area contributed by atoms with Crippen molar-refractivity contribution in [1.82, 2.24) is 10.2 Å². The van der Waals surface area contributed by atoms with E-state index in [1.54, 1.807) is 0 Å². The Morgan fingerprint density at radius 1 is 1.32 bits per heavy atom. The Kier molecular flexibility index (Phi) is 6.41. The maximum Gasteiger partial charge on any atom is 0.422 e. The maximum absolute atomic E-state index is 11.8. The quantitative estimate of drug-likeness (QED) is 0.842. The highest BCUT2D eigenvalue weighted by molar-refractivity contribution is 5.67. The van der Waals surface area contributed by atoms with Crippen molar-refractivity contribution in [2.45, 2.75) is 32.4 Å². The van der Waals surface area contributed by atoms with Gasteiger partial charge in [-0.2, -0.15) is 13.2 Å². The van der Waals surface area contributed by atoms with Crippen molar-refractivity contribution in [3.63, 3.8) is 0 Å². The first-order valence-corrected chi connectivity index (χ1v) is 6.56. The molecule has 1 heterocycles. The Labute approximate surface area is 111 Å². The van der Waals surface area contributed by atoms with Gasteiger partial charge in [0, 0.05) is 13.1 Å². The van der Waals surface area contributed by atoms with Crippen LogP contribution in [0.25, 0.3) is 0 Å². The third-order valence-corrected chi connectivity index (χ3v) is 2.98. The van der Waals surface area contributed by atoms with Crippen molar-refractivity contribution in [1.29, 1.82) is 0 Å². The average molecular weight is 282 g/mol. The fourth-order valence-corrected chi connectivity index (χ4v) is 2.10. The summed E-state index contributed by atoms with van der Waals surface area (Å²) in [6, 6.07) is 0. The van der Waals surface area contributed by atoms with Crippen molar-refractivity contribution < 1.29 is 22.7 Å². The van der Waals surface area contributed by atoms with E-state index in [1.165, 1.54) is 19.3 Å². The van der Waals surface area contributed by atoms with Crippen molar-refractivity contribution >= 4 is 6.09 Å². The first-order chi connectivity index (χ1) is 8.87. The SMILES string of the molecule is CC(CNC(=O)OCC(F)(F)F)CN1CCCCC1. The van der Waals surface area contributed by atoms with E-state index < -0.39 is 18.9 Å². The van der Waals surface area contributed by atoms with Crippen molar-refractivity contribution in [2.24, 2.45) is 5.92 Å². The zero-order chi connectivity index (χ0) is 14.3. The predicted molar refractivity (Wildman–Crippen MR) is 64.9 cm³/mol. The lowest BCUT2D eigenvalue weighted by Crippen LogP contribution is -2.38. The summed E-state index contributed by atoms with van der Waals surface area (Å²) in [5.41, 5.74) is 0. The molecular formula is C12H21F3N2O2. The highest BCUT2D eigenvalue weighted by Crippen LogP contribution is 2.14. The van der Waals surface area contributed by atoms with Gasteiger partial charge in [-0.3, -0.25) is 0 Å². The largest absolute Gasteiger partial charge is 0.440 e. The van der Waals surface area contributed by atoms with Crippen LogP contribution in [0, 0.1) is 5.92 Å². The molecule has 1 aliphatic heterocycles. The Morgan fingerprint density at radius 2 is 1.95 bits per heavy atom. The number of alkyl halides is 3. The fraction of sp³-hybridized carbons (Fsp3) is 0.917. The van der Waals surface area contributed by atoms with Gasteiger partial charge in [0.15, 0.2) is 6.61 Å². The lowest BCUT2D eigenvalue weighted by atomic mass is 10.1. The van der Waals surface area contributed by atoms with E-state index >= 15 is 0 Å². The number of ether oxygens (including phenoxy) is 1. The van der Waals surface area contributed by atoms with Gasteiger partial charge in [0.1, 0.15) is 0 Å². The Bertz CT molecular complexity index is 279. The summed E-state index contributed by atoms with van der Waals surface area (Å²) in [5, 5.41) is 2.36. The van der Waals surface area contributed by atoms with Gasteiger partial charge < -0.3 is 15.0 Å². The van der Waals surface area contributed by atoms with Crippen LogP contribution in [0.3, 0.4) is 0 Å². The van der Waals surface area contributed by atoms with Crippen LogP contribution in [0.1, 0.15) is 26.2 Å². The van der Waals surface area contributed by atoms with Gasteiger partial charge in [0.05, 0.1) is 0 Å². The van der Waals surface area contributed by atoms with Crippen LogP contribution in [0.5, 0.6) is 0 Å². The normalized spacial score (nSPS) is 18.9. The molecule has 19 heavy (non-hydrogen) atoms. The molecule has 1 fully saturated rings. The molecule has 0 bridgehead atoms. The standard InChI is InChI=1S/C12H21F3N2O2/c1-10(8-17-5-3-2-4-6-17)7-16-11(18)19-9-12(13,14)15/h10H,2-9H2,1H3,(H,16,18). The van der Waals surface area contributed by atoms with Gasteiger partial charge in [0.2, 0.25) is 0 Å². The number of likely N-dealkylation sites (tertiary alicyclic amines) is 1. The number of hydrogen-bond donors (Lipinski definition) is 1. The van der Waals surface area contributed by atoms with E-state index in [0.29, 0.717) is 6.54 Å². The number of carbonyl (C=O) groups excluding carboxylic acids is 1. The van der Waals surface area contributed by atoms with Gasteiger partial charge in [-0.1, -0.05) is 13.3 Å². The lowest BCUT2D eigenvalue weighted by Gasteiger charge is -2.29. The minimum Gasteiger partial charge on any atom is -0.440 e. The highest BCUT2D eigenvalue weighted by atomic mass is 19.4. The van der Waals surface area contributed by atoms with Crippen molar-refractivity contribution in [3.8, 4) is 0 Å². The van der Waals surface area contributed by atoms with E-state index in [9.17, 15) is 18.0 Å². The summed E-state index contributed by atoms with van der Waals surface area (Å²) in [6.07, 6.45) is -1.85. The van der Waals surface area contributed by atoms with Gasteiger partial charge >= 0.3 is 12.3 Å². The molecule has 0 spiro atoms. The second kappa shape index (κ2) is 7.57. The summed E-state index contributed by atoms with van der Waals surface area (Å²) in [5.74, 6) is 0.191. The second-order valence-corrected chi connectivity index (χ2v) is 5.04. The van der Waals surface area contributed by atoms with E-state index in [0.717, 1.165) is 19.6 Å². The zero-order valence-electron chi connectivity index (χ0n) is 11.1. The number of nitrogens with one attached hydrogen (secondary N) is 1. The number of alkyl carbamates (subject to hydrolysis) is 1. The van der Waals surface area contributed by atoms with E-state index in [2.05, 4.69) is 15.0 Å². The zero-order valence-corrected chi connectivity index (χ0v) is 11.1. The molecule has 1 atom stereocenters. The van der Waals surface area contributed by atoms with Crippen molar-refractivity contribution in [3.05, 3.63) is 0 Å². The van der Waals surface area contributed by atoms with Crippen LogP contribution >= 0.6 is 0 Å². The molecule has 1 N–H and O–H groups in total. The molecule has 1 unspecified atom stereocenters. The fourth-order valence-electron chi connectivity index (χ4n) is 2.10. The summed E-state index contributed by atoms with van der Waals surface area (Å²) in [6.45, 7) is 3.70. The Balaban J connectivity index is 2.11. The topological polar surface area (TPSA) is 41.6 Å². The van der Waals surface area contributed by atoms with Crippen LogP contribution in [0.4, 0.5) is 18.0 Å². The number of halogens is 3. The van der Waals surface area contributed by atoms with Crippen LogP contribution in [-0.4, -0.2) is 50.0 Å². The summed E-state index contributed by atoms with van der Waals surface area (Å²) in [7, 11) is 0. The lowest BCUT2D eigenvalue weighted by molar-refractivity contribution is -0.160. The minimum atomic E-state index is -4.48. The molecule has 1 aliphatic rings. The molecule has 1 saturated heterocycles. The van der Waals surface area contributed by atoms with Crippen LogP contribution in [0.2, 0.25) is 0 Å². The molecule has 7 heteroatoms. The number of piperidine rings is 1. The van der Waals surface area contributed by atoms with Gasteiger partial charge in [-0.15, -0.1) is 0 Å². The Hall–Kier alpha value is -0.980. The molecule has 1 rings (SSSR count). The highest BCUT2D eigenvalue weighted by Gasteiger charge is 2.29. The van der Waals surface area contributed by atoms with Gasteiger partial charge in [0.25, 0.3) is 0 Å². The summed E-state index contributed by atoms with van der Waals surface area (Å²) >= 11 is 0. The molecular weight excluding hydrogens is 261 g/mol. The molecule has 112 valence electrons. The number of rotatable bonds is 5. The predicted octanol–water partition coefficient (Wildman–Crippen LogP) is 2.40. The van der Waals surface area contributed by atoms with Gasteiger partial charge in [-0.05, 0) is 31.8 Å². The van der Waals surface area contributed by atoms with Gasteiger partial charge in [-0.25, -0.2) is 4.79 Å². The molecule has 0 aromatic rings. The number of carbonyl (C=O) groups is 1. The molecule has 0 aromatic heterocycles. The summed E-state index contributed by atoms with van der Waals surface area (Å²) < 4.78 is 39.5. The Morgan fingerprint density at radius 3 is 2.53 bits per heavy atom. The van der Waals surface area contributed by atoms with Crippen molar-refractivity contribution in [2.75, 3.05) is 32.8 Å². The molecule has 0 saturated carbocycles. The number of nitrogens with zero attached hydrogens (tertiary/aromatic N) is 1.